The van der Waals surface area contributed by atoms with Crippen LogP contribution in [0.3, 0.4) is 0 Å². The molecule has 1 aromatic heterocycles. The molecule has 2 amide bonds. The molecule has 0 radical (unpaired) electrons. The molecule has 2 aromatic carbocycles. The first kappa shape index (κ1) is 17.9. The molecule has 1 saturated carbocycles. The molecule has 1 aliphatic rings. The molecule has 0 aliphatic heterocycles. The molecule has 0 unspecified atom stereocenters. The number of carbonyl (C=O) groups is 2. The number of aromatic nitrogens is 2. The summed E-state index contributed by atoms with van der Waals surface area (Å²) in [5, 5.41) is 6.14. The number of hydrogen-bond donors (Lipinski definition) is 2. The molecule has 2 N–H and O–H groups in total. The Kier molecular flexibility index (Phi) is 4.65. The number of benzene rings is 2. The van der Waals surface area contributed by atoms with Crippen LogP contribution in [-0.4, -0.2) is 27.4 Å². The zero-order valence-electron chi connectivity index (χ0n) is 15.4. The van der Waals surface area contributed by atoms with E-state index in [0.29, 0.717) is 28.2 Å². The minimum Gasteiger partial charge on any atom is -0.349 e. The van der Waals surface area contributed by atoms with E-state index in [-0.39, 0.29) is 23.9 Å². The van der Waals surface area contributed by atoms with Crippen LogP contribution in [0.4, 0.5) is 5.69 Å². The Labute approximate surface area is 161 Å². The van der Waals surface area contributed by atoms with Crippen molar-refractivity contribution in [2.75, 3.05) is 5.32 Å². The van der Waals surface area contributed by atoms with Gasteiger partial charge in [0, 0.05) is 17.3 Å². The van der Waals surface area contributed by atoms with E-state index in [9.17, 15) is 14.4 Å². The molecule has 28 heavy (non-hydrogen) atoms. The van der Waals surface area contributed by atoms with Gasteiger partial charge in [-0.1, -0.05) is 12.1 Å². The summed E-state index contributed by atoms with van der Waals surface area (Å²) in [6.45, 7) is 1.75. The monoisotopic (exact) mass is 376 g/mol. The molecule has 0 saturated heterocycles. The van der Waals surface area contributed by atoms with E-state index in [1.807, 2.05) is 13.0 Å². The summed E-state index contributed by atoms with van der Waals surface area (Å²) < 4.78 is 1.29. The van der Waals surface area contributed by atoms with Gasteiger partial charge in [0.05, 0.1) is 17.2 Å². The zero-order valence-corrected chi connectivity index (χ0v) is 15.4. The molecular weight excluding hydrogens is 356 g/mol. The second kappa shape index (κ2) is 7.26. The fraction of sp³-hybridized carbons (Fsp3) is 0.238. The van der Waals surface area contributed by atoms with E-state index in [1.54, 1.807) is 36.4 Å². The van der Waals surface area contributed by atoms with Crippen molar-refractivity contribution < 1.29 is 9.59 Å². The van der Waals surface area contributed by atoms with Crippen LogP contribution in [0.1, 0.15) is 28.8 Å². The lowest BCUT2D eigenvalue weighted by molar-refractivity contribution is -0.116. The molecule has 7 nitrogen and oxygen atoms in total. The lowest BCUT2D eigenvalue weighted by atomic mass is 10.1. The third-order valence-electron chi connectivity index (χ3n) is 4.71. The molecule has 0 atom stereocenters. The number of rotatable bonds is 5. The van der Waals surface area contributed by atoms with Gasteiger partial charge in [-0.25, -0.2) is 4.98 Å². The highest BCUT2D eigenvalue weighted by atomic mass is 16.2. The van der Waals surface area contributed by atoms with Gasteiger partial charge in [0.25, 0.3) is 11.5 Å². The highest BCUT2D eigenvalue weighted by Crippen LogP contribution is 2.19. The normalized spacial score (nSPS) is 13.3. The molecule has 0 spiro atoms. The molecule has 0 bridgehead atoms. The summed E-state index contributed by atoms with van der Waals surface area (Å²) in [5.41, 5.74) is 2.41. The van der Waals surface area contributed by atoms with Crippen LogP contribution in [0, 0.1) is 6.92 Å². The Balaban J connectivity index is 1.44. The summed E-state index contributed by atoms with van der Waals surface area (Å²) in [7, 11) is 0. The third kappa shape index (κ3) is 3.78. The Morgan fingerprint density at radius 3 is 2.61 bits per heavy atom. The van der Waals surface area contributed by atoms with Gasteiger partial charge < -0.3 is 10.6 Å². The van der Waals surface area contributed by atoms with E-state index in [2.05, 4.69) is 15.6 Å². The average molecular weight is 376 g/mol. The fourth-order valence-corrected chi connectivity index (χ4v) is 3.01. The summed E-state index contributed by atoms with van der Waals surface area (Å²) in [4.78, 5) is 41.2. The van der Waals surface area contributed by atoms with Crippen molar-refractivity contribution in [3.63, 3.8) is 0 Å². The first-order valence-corrected chi connectivity index (χ1v) is 9.17. The molecule has 1 heterocycles. The Morgan fingerprint density at radius 1 is 1.14 bits per heavy atom. The van der Waals surface area contributed by atoms with Crippen molar-refractivity contribution in [3.8, 4) is 0 Å². The first-order valence-electron chi connectivity index (χ1n) is 9.17. The lowest BCUT2D eigenvalue weighted by Crippen LogP contribution is -2.28. The van der Waals surface area contributed by atoms with Gasteiger partial charge in [0.15, 0.2) is 0 Å². The van der Waals surface area contributed by atoms with Gasteiger partial charge >= 0.3 is 0 Å². The molecule has 142 valence electrons. The maximum absolute atomic E-state index is 12.6. The van der Waals surface area contributed by atoms with Crippen LogP contribution < -0.4 is 16.2 Å². The second-order valence-corrected chi connectivity index (χ2v) is 7.02. The smallest absolute Gasteiger partial charge is 0.261 e. The minimum atomic E-state index is -0.342. The summed E-state index contributed by atoms with van der Waals surface area (Å²) in [6.07, 6.45) is 3.45. The van der Waals surface area contributed by atoms with Gasteiger partial charge in [-0.3, -0.25) is 19.0 Å². The molecule has 7 heteroatoms. The quantitative estimate of drug-likeness (QED) is 0.714. The van der Waals surface area contributed by atoms with Gasteiger partial charge in [-0.2, -0.15) is 0 Å². The number of nitrogens with one attached hydrogen (secondary N) is 2. The number of para-hydroxylation sites is 1. The number of nitrogens with zero attached hydrogens (tertiary/aromatic N) is 2. The van der Waals surface area contributed by atoms with Crippen molar-refractivity contribution in [2.24, 2.45) is 0 Å². The summed E-state index contributed by atoms with van der Waals surface area (Å²) in [6, 6.07) is 12.4. The molecule has 4 rings (SSSR count). The van der Waals surface area contributed by atoms with Crippen LogP contribution in [0.5, 0.6) is 0 Å². The largest absolute Gasteiger partial charge is 0.349 e. The minimum absolute atomic E-state index is 0.107. The lowest BCUT2D eigenvalue weighted by Gasteiger charge is -2.09. The maximum atomic E-state index is 12.6. The molecule has 1 aliphatic carbocycles. The van der Waals surface area contributed by atoms with Crippen molar-refractivity contribution in [2.45, 2.75) is 32.4 Å². The standard InChI is InChI=1S/C21H20N4O3/c1-13-3-2-4-17-19(13)22-12-25(21(17)28)11-18(26)23-15-7-5-14(6-8-15)20(27)24-16-9-10-16/h2-8,12,16H,9-11H2,1H3,(H,23,26)(H,24,27). The maximum Gasteiger partial charge on any atom is 0.261 e. The van der Waals surface area contributed by atoms with Crippen LogP contribution in [0.25, 0.3) is 10.9 Å². The SMILES string of the molecule is Cc1cccc2c(=O)n(CC(=O)Nc3ccc(C(=O)NC4CC4)cc3)cnc12. The Bertz CT molecular complexity index is 1110. The second-order valence-electron chi connectivity index (χ2n) is 7.02. The van der Waals surface area contributed by atoms with Crippen molar-refractivity contribution in [1.29, 1.82) is 0 Å². The van der Waals surface area contributed by atoms with Crippen LogP contribution >= 0.6 is 0 Å². The van der Waals surface area contributed by atoms with Crippen LogP contribution in [-0.2, 0) is 11.3 Å². The summed E-state index contributed by atoms with van der Waals surface area (Å²) in [5.74, 6) is -0.449. The van der Waals surface area contributed by atoms with Crippen LogP contribution in [0.2, 0.25) is 0 Å². The predicted molar refractivity (Wildman–Crippen MR) is 106 cm³/mol. The fourth-order valence-electron chi connectivity index (χ4n) is 3.01. The highest BCUT2D eigenvalue weighted by Gasteiger charge is 2.23. The van der Waals surface area contributed by atoms with Gasteiger partial charge in [-0.05, 0) is 55.7 Å². The first-order chi connectivity index (χ1) is 13.5. The van der Waals surface area contributed by atoms with Crippen molar-refractivity contribution in [1.82, 2.24) is 14.9 Å². The Morgan fingerprint density at radius 2 is 1.89 bits per heavy atom. The third-order valence-corrected chi connectivity index (χ3v) is 4.71. The number of aryl methyl sites for hydroxylation is 1. The number of hydrogen-bond acceptors (Lipinski definition) is 4. The predicted octanol–water partition coefficient (Wildman–Crippen LogP) is 2.24. The number of fused-ring (bicyclic) bond motifs is 1. The Hall–Kier alpha value is -3.48. The van der Waals surface area contributed by atoms with Gasteiger partial charge in [0.1, 0.15) is 6.54 Å². The molecular formula is C21H20N4O3. The van der Waals surface area contributed by atoms with Crippen molar-refractivity contribution >= 4 is 28.4 Å². The zero-order chi connectivity index (χ0) is 19.7. The van der Waals surface area contributed by atoms with E-state index >= 15 is 0 Å². The number of carbonyl (C=O) groups excluding carboxylic acids is 2. The molecule has 3 aromatic rings. The van der Waals surface area contributed by atoms with E-state index < -0.39 is 0 Å². The topological polar surface area (TPSA) is 93.1 Å². The van der Waals surface area contributed by atoms with E-state index in [4.69, 9.17) is 0 Å². The number of anilines is 1. The van der Waals surface area contributed by atoms with Crippen molar-refractivity contribution in [3.05, 3.63) is 70.3 Å². The average Bonchev–Trinajstić information content (AvgIpc) is 3.49. The molecule has 1 fully saturated rings. The van der Waals surface area contributed by atoms with E-state index in [1.165, 1.54) is 10.9 Å². The summed E-state index contributed by atoms with van der Waals surface area (Å²) >= 11 is 0. The van der Waals surface area contributed by atoms with Crippen LogP contribution in [0.15, 0.2) is 53.6 Å². The van der Waals surface area contributed by atoms with Gasteiger partial charge in [0.2, 0.25) is 5.91 Å². The van der Waals surface area contributed by atoms with E-state index in [0.717, 1.165) is 18.4 Å². The number of amides is 2. The van der Waals surface area contributed by atoms with Gasteiger partial charge in [-0.15, -0.1) is 0 Å². The highest BCUT2D eigenvalue weighted by molar-refractivity contribution is 5.96.